The lowest BCUT2D eigenvalue weighted by molar-refractivity contribution is 0.0527. The van der Waals surface area contributed by atoms with Gasteiger partial charge in [-0.1, -0.05) is 6.07 Å². The molecule has 0 aliphatic carbocycles. The van der Waals surface area contributed by atoms with Gasteiger partial charge >= 0.3 is 5.97 Å². The molecule has 1 unspecified atom stereocenters. The molecule has 0 saturated carbocycles. The van der Waals surface area contributed by atoms with Gasteiger partial charge in [0.1, 0.15) is 0 Å². The Morgan fingerprint density at radius 3 is 2.90 bits per heavy atom. The Balaban J connectivity index is 2.22. The van der Waals surface area contributed by atoms with Crippen molar-refractivity contribution in [3.05, 3.63) is 23.8 Å². The minimum atomic E-state index is -0.313. The molecule has 2 N–H and O–H groups in total. The van der Waals surface area contributed by atoms with Crippen LogP contribution in [0, 0.1) is 0 Å². The first-order valence-corrected chi connectivity index (χ1v) is 7.51. The number of benzene rings is 1. The SMILES string of the molecule is CCOC(=O)c1cccc(N)c1N(C)CC1CCCN1C. The average Bonchev–Trinajstić information content (AvgIpc) is 2.84. The minimum absolute atomic E-state index is 0.313. The Bertz CT molecular complexity index is 504. The van der Waals surface area contributed by atoms with Crippen molar-refractivity contribution in [2.24, 2.45) is 0 Å². The summed E-state index contributed by atoms with van der Waals surface area (Å²) in [6.07, 6.45) is 2.41. The molecule has 0 aromatic heterocycles. The van der Waals surface area contributed by atoms with Crippen molar-refractivity contribution in [3.8, 4) is 0 Å². The number of ether oxygens (including phenoxy) is 1. The smallest absolute Gasteiger partial charge is 0.340 e. The number of nitrogens with zero attached hydrogens (tertiary/aromatic N) is 2. The molecule has 5 heteroatoms. The highest BCUT2D eigenvalue weighted by Gasteiger charge is 2.25. The van der Waals surface area contributed by atoms with Crippen LogP contribution in [0.1, 0.15) is 30.1 Å². The highest BCUT2D eigenvalue weighted by Crippen LogP contribution is 2.29. The van der Waals surface area contributed by atoms with Gasteiger partial charge in [-0.25, -0.2) is 4.79 Å². The molecule has 5 nitrogen and oxygen atoms in total. The highest BCUT2D eigenvalue weighted by molar-refractivity contribution is 5.99. The molecule has 0 amide bonds. The fraction of sp³-hybridized carbons (Fsp3) is 0.562. The molecule has 116 valence electrons. The van der Waals surface area contributed by atoms with Crippen LogP contribution in [0.3, 0.4) is 0 Å². The van der Waals surface area contributed by atoms with Crippen molar-refractivity contribution < 1.29 is 9.53 Å². The van der Waals surface area contributed by atoms with Crippen LogP contribution in [0.4, 0.5) is 11.4 Å². The summed E-state index contributed by atoms with van der Waals surface area (Å²) in [4.78, 5) is 16.5. The van der Waals surface area contributed by atoms with E-state index in [0.29, 0.717) is 23.9 Å². The number of anilines is 2. The number of hydrogen-bond acceptors (Lipinski definition) is 5. The van der Waals surface area contributed by atoms with E-state index in [-0.39, 0.29) is 5.97 Å². The summed E-state index contributed by atoms with van der Waals surface area (Å²) >= 11 is 0. The zero-order valence-electron chi connectivity index (χ0n) is 13.1. The highest BCUT2D eigenvalue weighted by atomic mass is 16.5. The van der Waals surface area contributed by atoms with Crippen molar-refractivity contribution >= 4 is 17.3 Å². The van der Waals surface area contributed by atoms with E-state index in [2.05, 4.69) is 16.8 Å². The van der Waals surface area contributed by atoms with Gasteiger partial charge in [0.2, 0.25) is 0 Å². The second-order valence-corrected chi connectivity index (χ2v) is 5.62. The number of rotatable bonds is 5. The van der Waals surface area contributed by atoms with Gasteiger partial charge in [0, 0.05) is 19.6 Å². The van der Waals surface area contributed by atoms with Gasteiger partial charge in [-0.3, -0.25) is 0 Å². The molecule has 1 aliphatic heterocycles. The van der Waals surface area contributed by atoms with Gasteiger partial charge in [0.05, 0.1) is 23.5 Å². The topological polar surface area (TPSA) is 58.8 Å². The number of likely N-dealkylation sites (N-methyl/N-ethyl adjacent to an activating group) is 2. The third-order valence-electron chi connectivity index (χ3n) is 4.10. The van der Waals surface area contributed by atoms with Gasteiger partial charge in [-0.15, -0.1) is 0 Å². The average molecular weight is 291 g/mol. The number of nitrogens with two attached hydrogens (primary N) is 1. The Hall–Kier alpha value is -1.75. The van der Waals surface area contributed by atoms with E-state index >= 15 is 0 Å². The summed E-state index contributed by atoms with van der Waals surface area (Å²) in [5.74, 6) is -0.313. The summed E-state index contributed by atoms with van der Waals surface area (Å²) in [7, 11) is 4.13. The van der Waals surface area contributed by atoms with Crippen molar-refractivity contribution in [2.75, 3.05) is 44.4 Å². The lowest BCUT2D eigenvalue weighted by Gasteiger charge is -2.29. The maximum atomic E-state index is 12.1. The molecular formula is C16H25N3O2. The maximum absolute atomic E-state index is 12.1. The Labute approximate surface area is 126 Å². The molecule has 0 radical (unpaired) electrons. The molecular weight excluding hydrogens is 266 g/mol. The maximum Gasteiger partial charge on any atom is 0.340 e. The van der Waals surface area contributed by atoms with Gasteiger partial charge < -0.3 is 20.3 Å². The fourth-order valence-electron chi connectivity index (χ4n) is 2.98. The molecule has 1 atom stereocenters. The van der Waals surface area contributed by atoms with E-state index in [4.69, 9.17) is 10.5 Å². The molecule has 1 fully saturated rings. The summed E-state index contributed by atoms with van der Waals surface area (Å²) in [5.41, 5.74) is 8.03. The van der Waals surface area contributed by atoms with E-state index in [1.165, 1.54) is 12.8 Å². The minimum Gasteiger partial charge on any atom is -0.462 e. The van der Waals surface area contributed by atoms with Crippen LogP contribution < -0.4 is 10.6 Å². The third-order valence-corrected chi connectivity index (χ3v) is 4.10. The standard InChI is InChI=1S/C16H25N3O2/c1-4-21-16(20)13-8-5-9-14(17)15(13)19(3)11-12-7-6-10-18(12)2/h5,8-9,12H,4,6-7,10-11,17H2,1-3H3. The molecule has 1 aliphatic rings. The summed E-state index contributed by atoms with van der Waals surface area (Å²) < 4.78 is 5.13. The fourth-order valence-corrected chi connectivity index (χ4v) is 2.98. The second-order valence-electron chi connectivity index (χ2n) is 5.62. The predicted molar refractivity (Wildman–Crippen MR) is 85.7 cm³/mol. The molecule has 1 aromatic carbocycles. The van der Waals surface area contributed by atoms with Gasteiger partial charge in [-0.2, -0.15) is 0 Å². The number of likely N-dealkylation sites (tertiary alicyclic amines) is 1. The quantitative estimate of drug-likeness (QED) is 0.664. The predicted octanol–water partition coefficient (Wildman–Crippen LogP) is 1.98. The Morgan fingerprint density at radius 2 is 2.29 bits per heavy atom. The molecule has 21 heavy (non-hydrogen) atoms. The zero-order valence-corrected chi connectivity index (χ0v) is 13.1. The van der Waals surface area contributed by atoms with Crippen molar-refractivity contribution in [2.45, 2.75) is 25.8 Å². The summed E-state index contributed by atoms with van der Waals surface area (Å²) in [6, 6.07) is 5.90. The van der Waals surface area contributed by atoms with Crippen LogP contribution in [0.5, 0.6) is 0 Å². The van der Waals surface area contributed by atoms with E-state index < -0.39 is 0 Å². The first-order valence-electron chi connectivity index (χ1n) is 7.51. The van der Waals surface area contributed by atoms with Crippen LogP contribution in [-0.4, -0.2) is 50.7 Å². The summed E-state index contributed by atoms with van der Waals surface area (Å²) in [6.45, 7) is 4.16. The van der Waals surface area contributed by atoms with Crippen molar-refractivity contribution in [1.82, 2.24) is 4.90 Å². The van der Waals surface area contributed by atoms with Crippen molar-refractivity contribution in [1.29, 1.82) is 0 Å². The number of para-hydroxylation sites is 1. The lowest BCUT2D eigenvalue weighted by atomic mass is 10.1. The van der Waals surface area contributed by atoms with E-state index in [0.717, 1.165) is 18.8 Å². The molecule has 1 saturated heterocycles. The molecule has 1 heterocycles. The van der Waals surface area contributed by atoms with E-state index in [1.807, 2.05) is 13.1 Å². The first-order chi connectivity index (χ1) is 10.0. The summed E-state index contributed by atoms with van der Waals surface area (Å²) in [5, 5.41) is 0. The molecule has 2 rings (SSSR count). The molecule has 1 aromatic rings. The largest absolute Gasteiger partial charge is 0.462 e. The molecule has 0 bridgehead atoms. The number of carbonyl (C=O) groups is 1. The first kappa shape index (κ1) is 15.6. The van der Waals surface area contributed by atoms with Crippen molar-refractivity contribution in [3.63, 3.8) is 0 Å². The van der Waals surface area contributed by atoms with Gasteiger partial charge in [0.15, 0.2) is 0 Å². The van der Waals surface area contributed by atoms with Crippen LogP contribution >= 0.6 is 0 Å². The number of carbonyl (C=O) groups excluding carboxylic acids is 1. The number of hydrogen-bond donors (Lipinski definition) is 1. The lowest BCUT2D eigenvalue weighted by Crippen LogP contribution is -2.37. The van der Waals surface area contributed by atoms with Gasteiger partial charge in [0.25, 0.3) is 0 Å². The monoisotopic (exact) mass is 291 g/mol. The number of esters is 1. The normalized spacial score (nSPS) is 18.7. The third kappa shape index (κ3) is 3.47. The van der Waals surface area contributed by atoms with Gasteiger partial charge in [-0.05, 0) is 45.5 Å². The Kier molecular flexibility index (Phi) is 5.07. The van der Waals surface area contributed by atoms with Crippen LogP contribution in [0.2, 0.25) is 0 Å². The number of nitrogen functional groups attached to an aromatic ring is 1. The Morgan fingerprint density at radius 1 is 1.52 bits per heavy atom. The molecule has 0 spiro atoms. The van der Waals surface area contributed by atoms with E-state index in [1.54, 1.807) is 19.1 Å². The van der Waals surface area contributed by atoms with Crippen LogP contribution in [0.25, 0.3) is 0 Å². The van der Waals surface area contributed by atoms with E-state index in [9.17, 15) is 4.79 Å². The van der Waals surface area contributed by atoms with Crippen LogP contribution in [0.15, 0.2) is 18.2 Å². The van der Waals surface area contributed by atoms with Crippen LogP contribution in [-0.2, 0) is 4.74 Å². The zero-order chi connectivity index (χ0) is 15.4. The second kappa shape index (κ2) is 6.80.